The second kappa shape index (κ2) is 4.41. The number of hydrogen-bond acceptors (Lipinski definition) is 3. The Bertz CT molecular complexity index is 381. The van der Waals surface area contributed by atoms with Gasteiger partial charge in [-0.2, -0.15) is 0 Å². The molecule has 2 heterocycles. The third kappa shape index (κ3) is 1.88. The van der Waals surface area contributed by atoms with E-state index in [9.17, 15) is 0 Å². The maximum absolute atomic E-state index is 6.06. The second-order valence-corrected chi connectivity index (χ2v) is 5.10. The predicted molar refractivity (Wildman–Crippen MR) is 65.6 cm³/mol. The third-order valence-electron chi connectivity index (χ3n) is 4.04. The molecule has 0 aromatic heterocycles. The summed E-state index contributed by atoms with van der Waals surface area (Å²) in [5.41, 5.74) is 1.19. The Labute approximate surface area is 102 Å². The van der Waals surface area contributed by atoms with E-state index in [1.807, 2.05) is 0 Å². The minimum atomic E-state index is -0.119. The van der Waals surface area contributed by atoms with E-state index < -0.39 is 0 Å². The Kier molecular flexibility index (Phi) is 2.90. The van der Waals surface area contributed by atoms with Gasteiger partial charge in [-0.15, -0.1) is 0 Å². The van der Waals surface area contributed by atoms with Crippen molar-refractivity contribution in [2.75, 3.05) is 33.5 Å². The summed E-state index contributed by atoms with van der Waals surface area (Å²) in [6.07, 6.45) is 1.06. The van der Waals surface area contributed by atoms with Crippen LogP contribution in [0.5, 0.6) is 0 Å². The molecule has 0 bridgehead atoms. The van der Waals surface area contributed by atoms with Gasteiger partial charge in [-0.05, 0) is 19.0 Å². The molecule has 92 valence electrons. The highest BCUT2D eigenvalue weighted by molar-refractivity contribution is 5.25. The number of nitrogens with zero attached hydrogens (tertiary/aromatic N) is 1. The van der Waals surface area contributed by atoms with Crippen LogP contribution < -0.4 is 0 Å². The Morgan fingerprint density at radius 1 is 1.29 bits per heavy atom. The van der Waals surface area contributed by atoms with E-state index in [2.05, 4.69) is 42.3 Å². The molecule has 3 nitrogen and oxygen atoms in total. The monoisotopic (exact) mass is 233 g/mol. The van der Waals surface area contributed by atoms with Crippen molar-refractivity contribution in [1.82, 2.24) is 4.90 Å². The molecule has 2 aliphatic heterocycles. The first kappa shape index (κ1) is 11.2. The Hall–Kier alpha value is -0.900. The SMILES string of the molecule is CN1CCC2(c3ccccc3)OCOCC2C1. The molecule has 2 aliphatic rings. The fourth-order valence-electron chi connectivity index (χ4n) is 3.07. The van der Waals surface area contributed by atoms with Gasteiger partial charge in [0.05, 0.1) is 6.61 Å². The topological polar surface area (TPSA) is 21.7 Å². The molecule has 1 aromatic carbocycles. The molecule has 2 saturated heterocycles. The van der Waals surface area contributed by atoms with Crippen molar-refractivity contribution >= 4 is 0 Å². The van der Waals surface area contributed by atoms with Gasteiger partial charge in [0.15, 0.2) is 0 Å². The average molecular weight is 233 g/mol. The first-order valence-electron chi connectivity index (χ1n) is 6.27. The number of rotatable bonds is 1. The van der Waals surface area contributed by atoms with Crippen LogP contribution in [-0.4, -0.2) is 38.4 Å². The van der Waals surface area contributed by atoms with Crippen molar-refractivity contribution in [3.63, 3.8) is 0 Å². The molecule has 3 heteroatoms. The van der Waals surface area contributed by atoms with E-state index in [0.717, 1.165) is 26.1 Å². The van der Waals surface area contributed by atoms with Crippen molar-refractivity contribution in [2.24, 2.45) is 5.92 Å². The highest BCUT2D eigenvalue weighted by Crippen LogP contribution is 2.42. The smallest absolute Gasteiger partial charge is 0.147 e. The van der Waals surface area contributed by atoms with Crippen LogP contribution in [0.2, 0.25) is 0 Å². The number of benzene rings is 1. The molecule has 3 rings (SSSR count). The van der Waals surface area contributed by atoms with Gasteiger partial charge in [-0.3, -0.25) is 0 Å². The largest absolute Gasteiger partial charge is 0.355 e. The summed E-state index contributed by atoms with van der Waals surface area (Å²) in [5, 5.41) is 0. The van der Waals surface area contributed by atoms with Crippen LogP contribution in [0.25, 0.3) is 0 Å². The lowest BCUT2D eigenvalue weighted by Gasteiger charge is -2.49. The Balaban J connectivity index is 1.96. The molecule has 1 aromatic rings. The van der Waals surface area contributed by atoms with Crippen molar-refractivity contribution in [3.05, 3.63) is 35.9 Å². The lowest BCUT2D eigenvalue weighted by atomic mass is 9.75. The van der Waals surface area contributed by atoms with Crippen LogP contribution >= 0.6 is 0 Å². The van der Waals surface area contributed by atoms with Gasteiger partial charge >= 0.3 is 0 Å². The summed E-state index contributed by atoms with van der Waals surface area (Å²) in [7, 11) is 2.17. The van der Waals surface area contributed by atoms with Crippen LogP contribution in [0.1, 0.15) is 12.0 Å². The standard InChI is InChI=1S/C14H19NO2/c1-15-8-7-14(12-5-3-2-4-6-12)13(9-15)10-16-11-17-14/h2-6,13H,7-11H2,1H3. The van der Waals surface area contributed by atoms with Crippen molar-refractivity contribution in [2.45, 2.75) is 12.0 Å². The molecule has 0 saturated carbocycles. The summed E-state index contributed by atoms with van der Waals surface area (Å²) in [5.74, 6) is 0.442. The van der Waals surface area contributed by atoms with E-state index in [-0.39, 0.29) is 5.60 Å². The number of likely N-dealkylation sites (tertiary alicyclic amines) is 1. The molecule has 0 radical (unpaired) electrons. The summed E-state index contributed by atoms with van der Waals surface area (Å²) >= 11 is 0. The van der Waals surface area contributed by atoms with Gasteiger partial charge < -0.3 is 14.4 Å². The van der Waals surface area contributed by atoms with Gasteiger partial charge in [0.25, 0.3) is 0 Å². The summed E-state index contributed by atoms with van der Waals surface area (Å²) in [4.78, 5) is 2.36. The van der Waals surface area contributed by atoms with Crippen LogP contribution in [0.4, 0.5) is 0 Å². The first-order valence-corrected chi connectivity index (χ1v) is 6.27. The Morgan fingerprint density at radius 3 is 2.94 bits per heavy atom. The molecule has 0 N–H and O–H groups in total. The van der Waals surface area contributed by atoms with Crippen molar-refractivity contribution < 1.29 is 9.47 Å². The number of ether oxygens (including phenoxy) is 2. The minimum absolute atomic E-state index is 0.119. The summed E-state index contributed by atoms with van der Waals surface area (Å²) in [6, 6.07) is 10.6. The Morgan fingerprint density at radius 2 is 2.12 bits per heavy atom. The summed E-state index contributed by atoms with van der Waals surface area (Å²) in [6.45, 7) is 3.37. The normalized spacial score (nSPS) is 34.3. The number of fused-ring (bicyclic) bond motifs is 1. The van der Waals surface area contributed by atoms with E-state index in [1.165, 1.54) is 5.56 Å². The summed E-state index contributed by atoms with van der Waals surface area (Å²) < 4.78 is 11.5. The number of hydrogen-bond donors (Lipinski definition) is 0. The molecule has 2 fully saturated rings. The lowest BCUT2D eigenvalue weighted by Crippen LogP contribution is -2.54. The van der Waals surface area contributed by atoms with Gasteiger partial charge in [-0.1, -0.05) is 30.3 Å². The quantitative estimate of drug-likeness (QED) is 0.738. The number of piperidine rings is 1. The van der Waals surface area contributed by atoms with E-state index in [0.29, 0.717) is 12.7 Å². The fourth-order valence-corrected chi connectivity index (χ4v) is 3.07. The van der Waals surface area contributed by atoms with Gasteiger partial charge in [-0.25, -0.2) is 0 Å². The third-order valence-corrected chi connectivity index (χ3v) is 4.04. The van der Waals surface area contributed by atoms with Gasteiger partial charge in [0, 0.05) is 19.0 Å². The van der Waals surface area contributed by atoms with E-state index in [4.69, 9.17) is 9.47 Å². The van der Waals surface area contributed by atoms with E-state index in [1.54, 1.807) is 0 Å². The van der Waals surface area contributed by atoms with Gasteiger partial charge in [0.1, 0.15) is 12.4 Å². The molecule has 2 atom stereocenters. The maximum Gasteiger partial charge on any atom is 0.147 e. The molecule has 0 amide bonds. The predicted octanol–water partition coefficient (Wildman–Crippen LogP) is 1.84. The molecular weight excluding hydrogens is 214 g/mol. The maximum atomic E-state index is 6.06. The zero-order chi connectivity index (χ0) is 11.7. The molecule has 2 unspecified atom stereocenters. The van der Waals surface area contributed by atoms with Gasteiger partial charge in [0.2, 0.25) is 0 Å². The zero-order valence-corrected chi connectivity index (χ0v) is 10.3. The highest BCUT2D eigenvalue weighted by atomic mass is 16.7. The fraction of sp³-hybridized carbons (Fsp3) is 0.571. The van der Waals surface area contributed by atoms with Crippen LogP contribution in [0.15, 0.2) is 30.3 Å². The minimum Gasteiger partial charge on any atom is -0.355 e. The average Bonchev–Trinajstić information content (AvgIpc) is 2.40. The van der Waals surface area contributed by atoms with Crippen molar-refractivity contribution in [3.8, 4) is 0 Å². The first-order chi connectivity index (χ1) is 8.31. The van der Waals surface area contributed by atoms with E-state index >= 15 is 0 Å². The highest BCUT2D eigenvalue weighted by Gasteiger charge is 2.46. The van der Waals surface area contributed by atoms with Crippen molar-refractivity contribution in [1.29, 1.82) is 0 Å². The van der Waals surface area contributed by atoms with Crippen LogP contribution in [-0.2, 0) is 15.1 Å². The van der Waals surface area contributed by atoms with Crippen LogP contribution in [0.3, 0.4) is 0 Å². The molecule has 0 spiro atoms. The molecular formula is C14H19NO2. The van der Waals surface area contributed by atoms with Crippen LogP contribution in [0, 0.1) is 5.92 Å². The zero-order valence-electron chi connectivity index (χ0n) is 10.3. The molecule has 17 heavy (non-hydrogen) atoms. The lowest BCUT2D eigenvalue weighted by molar-refractivity contribution is -0.249. The molecule has 0 aliphatic carbocycles. The second-order valence-electron chi connectivity index (χ2n) is 5.10.